The Morgan fingerprint density at radius 2 is 1.91 bits per heavy atom. The minimum atomic E-state index is -0.613. The van der Waals surface area contributed by atoms with Crippen LogP contribution in [-0.2, 0) is 9.53 Å². The third kappa shape index (κ3) is 4.54. The van der Waals surface area contributed by atoms with E-state index in [9.17, 15) is 9.59 Å². The Morgan fingerprint density at radius 3 is 2.36 bits per heavy atom. The minimum absolute atomic E-state index is 0.181. The summed E-state index contributed by atoms with van der Waals surface area (Å²) in [6.45, 7) is 8.45. The van der Waals surface area contributed by atoms with Crippen LogP contribution in [0.2, 0.25) is 0 Å². The van der Waals surface area contributed by atoms with Crippen LogP contribution in [0.3, 0.4) is 0 Å². The minimum Gasteiger partial charge on any atom is -0.443 e. The van der Waals surface area contributed by atoms with Crippen LogP contribution in [0, 0.1) is 6.92 Å². The highest BCUT2D eigenvalue weighted by atomic mass is 16.6. The van der Waals surface area contributed by atoms with Gasteiger partial charge in [0.1, 0.15) is 11.4 Å². The molecule has 1 heterocycles. The number of ketones is 1. The van der Waals surface area contributed by atoms with E-state index in [1.54, 1.807) is 40.8 Å². The van der Waals surface area contributed by atoms with Gasteiger partial charge < -0.3 is 10.5 Å². The summed E-state index contributed by atoms with van der Waals surface area (Å²) in [6.07, 6.45) is 0.617. The fraction of sp³-hybridized carbons (Fsp3) is 0.467. The molecule has 7 nitrogen and oxygen atoms in total. The van der Waals surface area contributed by atoms with Crippen molar-refractivity contribution >= 4 is 23.3 Å². The largest absolute Gasteiger partial charge is 0.443 e. The molecule has 0 saturated heterocycles. The van der Waals surface area contributed by atoms with Gasteiger partial charge in [0.2, 0.25) is 0 Å². The van der Waals surface area contributed by atoms with Gasteiger partial charge in [0.25, 0.3) is 0 Å². The second-order valence-electron chi connectivity index (χ2n) is 5.87. The van der Waals surface area contributed by atoms with Crippen LogP contribution in [0.5, 0.6) is 0 Å². The maximum Gasteiger partial charge on any atom is 0.415 e. The molecule has 0 spiro atoms. The SMILES string of the molecule is CC(=O)C(=CN)c1nc(C)cc(N(C)C(=O)OC(C)(C)C)n1. The Balaban J connectivity index is 3.18. The number of nitrogens with two attached hydrogens (primary N) is 1. The Labute approximate surface area is 130 Å². The van der Waals surface area contributed by atoms with Crippen LogP contribution >= 0.6 is 0 Å². The van der Waals surface area contributed by atoms with Crippen LogP contribution in [0.1, 0.15) is 39.2 Å². The second-order valence-corrected chi connectivity index (χ2v) is 5.87. The first kappa shape index (κ1) is 17.6. The molecule has 1 aromatic heterocycles. The van der Waals surface area contributed by atoms with Crippen molar-refractivity contribution in [1.29, 1.82) is 0 Å². The zero-order valence-corrected chi connectivity index (χ0v) is 13.8. The molecule has 0 fully saturated rings. The molecule has 1 amide bonds. The zero-order valence-electron chi connectivity index (χ0n) is 13.8. The third-order valence-electron chi connectivity index (χ3n) is 2.64. The number of rotatable bonds is 3. The van der Waals surface area contributed by atoms with Gasteiger partial charge in [-0.2, -0.15) is 0 Å². The van der Waals surface area contributed by atoms with E-state index in [1.165, 1.54) is 11.8 Å². The van der Waals surface area contributed by atoms with Gasteiger partial charge in [-0.3, -0.25) is 9.69 Å². The molecule has 0 aromatic carbocycles. The molecule has 0 unspecified atom stereocenters. The van der Waals surface area contributed by atoms with Gasteiger partial charge in [0, 0.05) is 25.0 Å². The maximum atomic E-state index is 12.1. The first-order chi connectivity index (χ1) is 10.0. The fourth-order valence-corrected chi connectivity index (χ4v) is 1.62. The second kappa shape index (κ2) is 6.55. The Kier molecular flexibility index (Phi) is 5.24. The smallest absolute Gasteiger partial charge is 0.415 e. The number of carbonyl (C=O) groups excluding carboxylic acids is 2. The Morgan fingerprint density at radius 1 is 1.32 bits per heavy atom. The van der Waals surface area contributed by atoms with Crippen LogP contribution < -0.4 is 10.6 Å². The average molecular weight is 306 g/mol. The molecule has 1 rings (SSSR count). The van der Waals surface area contributed by atoms with E-state index < -0.39 is 11.7 Å². The Bertz CT molecular complexity index is 618. The van der Waals surface area contributed by atoms with Gasteiger partial charge in [-0.15, -0.1) is 0 Å². The van der Waals surface area contributed by atoms with Gasteiger partial charge in [-0.05, 0) is 34.6 Å². The molecular formula is C15H22N4O3. The van der Waals surface area contributed by atoms with E-state index in [1.807, 2.05) is 0 Å². The number of aryl methyl sites for hydroxylation is 1. The van der Waals surface area contributed by atoms with Crippen LogP contribution in [0.4, 0.5) is 10.6 Å². The molecular weight excluding hydrogens is 284 g/mol. The lowest BCUT2D eigenvalue weighted by atomic mass is 10.2. The normalized spacial score (nSPS) is 12.0. The van der Waals surface area contributed by atoms with E-state index in [2.05, 4.69) is 9.97 Å². The van der Waals surface area contributed by atoms with E-state index in [0.29, 0.717) is 11.5 Å². The molecule has 0 radical (unpaired) electrons. The van der Waals surface area contributed by atoms with Crippen molar-refractivity contribution in [3.63, 3.8) is 0 Å². The van der Waals surface area contributed by atoms with Crippen molar-refractivity contribution < 1.29 is 14.3 Å². The third-order valence-corrected chi connectivity index (χ3v) is 2.64. The lowest BCUT2D eigenvalue weighted by Crippen LogP contribution is -2.34. The average Bonchev–Trinajstić information content (AvgIpc) is 2.35. The highest BCUT2D eigenvalue weighted by Crippen LogP contribution is 2.18. The summed E-state index contributed by atoms with van der Waals surface area (Å²) in [4.78, 5) is 33.3. The molecule has 22 heavy (non-hydrogen) atoms. The van der Waals surface area contributed by atoms with E-state index in [4.69, 9.17) is 10.5 Å². The van der Waals surface area contributed by atoms with Crippen molar-refractivity contribution in [3.05, 3.63) is 23.8 Å². The summed E-state index contributed by atoms with van der Waals surface area (Å²) < 4.78 is 5.29. The number of anilines is 1. The molecule has 0 bridgehead atoms. The van der Waals surface area contributed by atoms with Crippen molar-refractivity contribution in [2.24, 2.45) is 5.73 Å². The number of ether oxygens (including phenoxy) is 1. The van der Waals surface area contributed by atoms with Crippen LogP contribution in [0.15, 0.2) is 12.3 Å². The first-order valence-corrected chi connectivity index (χ1v) is 6.80. The van der Waals surface area contributed by atoms with Crippen LogP contribution in [0.25, 0.3) is 5.57 Å². The predicted octanol–water partition coefficient (Wildman–Crippen LogP) is 2.04. The summed E-state index contributed by atoms with van der Waals surface area (Å²) in [5.74, 6) is 0.261. The van der Waals surface area contributed by atoms with Gasteiger partial charge in [0.15, 0.2) is 11.6 Å². The van der Waals surface area contributed by atoms with E-state index >= 15 is 0 Å². The summed E-state index contributed by atoms with van der Waals surface area (Å²) in [5, 5.41) is 0. The van der Waals surface area contributed by atoms with Crippen molar-refractivity contribution in [2.45, 2.75) is 40.2 Å². The van der Waals surface area contributed by atoms with Crippen molar-refractivity contribution in [1.82, 2.24) is 9.97 Å². The molecule has 2 N–H and O–H groups in total. The number of carbonyl (C=O) groups is 2. The molecule has 0 aliphatic heterocycles. The van der Waals surface area contributed by atoms with Gasteiger partial charge >= 0.3 is 6.09 Å². The fourth-order valence-electron chi connectivity index (χ4n) is 1.62. The van der Waals surface area contributed by atoms with Gasteiger partial charge in [0.05, 0.1) is 5.57 Å². The van der Waals surface area contributed by atoms with Crippen molar-refractivity contribution in [2.75, 3.05) is 11.9 Å². The number of nitrogens with zero attached hydrogens (tertiary/aromatic N) is 3. The summed E-state index contributed by atoms with van der Waals surface area (Å²) in [5.41, 5.74) is 5.65. The van der Waals surface area contributed by atoms with Crippen molar-refractivity contribution in [3.8, 4) is 0 Å². The van der Waals surface area contributed by atoms with Crippen LogP contribution in [-0.4, -0.2) is 34.5 Å². The molecule has 7 heteroatoms. The van der Waals surface area contributed by atoms with E-state index in [0.717, 1.165) is 6.20 Å². The molecule has 0 atom stereocenters. The molecule has 0 aliphatic carbocycles. The standard InChI is InChI=1S/C15H22N4O3/c1-9-7-12(19(6)14(21)22-15(3,4)5)18-13(17-9)11(8-16)10(2)20/h7-8H,16H2,1-6H3. The first-order valence-electron chi connectivity index (χ1n) is 6.80. The lowest BCUT2D eigenvalue weighted by molar-refractivity contribution is -0.111. The monoisotopic (exact) mass is 306 g/mol. The lowest BCUT2D eigenvalue weighted by Gasteiger charge is -2.24. The number of allylic oxidation sites excluding steroid dienone is 1. The number of Topliss-reactive ketones (excluding diaryl/α,β-unsaturated/α-hetero) is 1. The predicted molar refractivity (Wildman–Crippen MR) is 84.3 cm³/mol. The number of hydrogen-bond acceptors (Lipinski definition) is 6. The molecule has 1 aromatic rings. The molecule has 0 saturated carbocycles. The molecule has 0 aliphatic rings. The highest BCUT2D eigenvalue weighted by Gasteiger charge is 2.22. The quantitative estimate of drug-likeness (QED) is 0.858. The number of aromatic nitrogens is 2. The highest BCUT2D eigenvalue weighted by molar-refractivity contribution is 6.18. The summed E-state index contributed by atoms with van der Waals surface area (Å²) in [7, 11) is 1.54. The number of amides is 1. The summed E-state index contributed by atoms with van der Waals surface area (Å²) >= 11 is 0. The van der Waals surface area contributed by atoms with Gasteiger partial charge in [-0.1, -0.05) is 0 Å². The summed E-state index contributed by atoms with van der Waals surface area (Å²) in [6, 6.07) is 1.63. The van der Waals surface area contributed by atoms with Gasteiger partial charge in [-0.25, -0.2) is 14.8 Å². The Hall–Kier alpha value is -2.44. The maximum absolute atomic E-state index is 12.1. The zero-order chi connectivity index (χ0) is 17.1. The van der Waals surface area contributed by atoms with E-state index in [-0.39, 0.29) is 17.2 Å². The molecule has 120 valence electrons. The topological polar surface area (TPSA) is 98.4 Å². The number of hydrogen-bond donors (Lipinski definition) is 1.